The number of carbonyl (C=O) groups excluding carboxylic acids is 1. The van der Waals surface area contributed by atoms with Crippen molar-refractivity contribution in [1.29, 1.82) is 0 Å². The van der Waals surface area contributed by atoms with Crippen LogP contribution in [0.5, 0.6) is 0 Å². The van der Waals surface area contributed by atoms with Gasteiger partial charge in [-0.1, -0.05) is 60.7 Å². The molecule has 0 unspecified atom stereocenters. The third-order valence-electron chi connectivity index (χ3n) is 4.11. The molecule has 0 heterocycles. The van der Waals surface area contributed by atoms with E-state index in [0.29, 0.717) is 18.8 Å². The summed E-state index contributed by atoms with van der Waals surface area (Å²) >= 11 is 0. The van der Waals surface area contributed by atoms with Crippen LogP contribution >= 0.6 is 10.7 Å². The van der Waals surface area contributed by atoms with Crippen LogP contribution in [0.4, 0.5) is 10.5 Å². The van der Waals surface area contributed by atoms with E-state index >= 15 is 0 Å². The van der Waals surface area contributed by atoms with E-state index in [4.69, 9.17) is 10.7 Å². The summed E-state index contributed by atoms with van der Waals surface area (Å²) < 4.78 is 22.7. The van der Waals surface area contributed by atoms with Crippen molar-refractivity contribution in [2.45, 2.75) is 18.0 Å². The Balaban J connectivity index is 1.77. The van der Waals surface area contributed by atoms with Gasteiger partial charge in [-0.2, -0.15) is 0 Å². The SMILES string of the molecule is O=C(Nc1ccc(S(=O)(=O)Cl)cc1)N(Cc1ccccc1)Cc1ccccc1. The van der Waals surface area contributed by atoms with E-state index in [1.165, 1.54) is 24.3 Å². The van der Waals surface area contributed by atoms with E-state index in [1.807, 2.05) is 60.7 Å². The number of nitrogens with one attached hydrogen (secondary N) is 1. The first-order valence-electron chi connectivity index (χ1n) is 8.60. The van der Waals surface area contributed by atoms with Gasteiger partial charge in [-0.25, -0.2) is 13.2 Å². The van der Waals surface area contributed by atoms with E-state index in [2.05, 4.69) is 5.32 Å². The molecule has 2 amide bonds. The molecule has 5 nitrogen and oxygen atoms in total. The summed E-state index contributed by atoms with van der Waals surface area (Å²) in [5.74, 6) is 0. The number of rotatable bonds is 6. The lowest BCUT2D eigenvalue weighted by atomic mass is 10.2. The fourth-order valence-electron chi connectivity index (χ4n) is 2.71. The molecule has 0 fully saturated rings. The second-order valence-corrected chi connectivity index (χ2v) is 8.79. The van der Waals surface area contributed by atoms with Gasteiger partial charge in [0.25, 0.3) is 9.05 Å². The Bertz CT molecular complexity index is 983. The zero-order valence-electron chi connectivity index (χ0n) is 15.0. The highest BCUT2D eigenvalue weighted by molar-refractivity contribution is 8.13. The van der Waals surface area contributed by atoms with Crippen LogP contribution in [-0.4, -0.2) is 19.3 Å². The van der Waals surface area contributed by atoms with Crippen LogP contribution in [0.1, 0.15) is 11.1 Å². The van der Waals surface area contributed by atoms with Crippen LogP contribution < -0.4 is 5.32 Å². The minimum Gasteiger partial charge on any atom is -0.316 e. The molecule has 0 bridgehead atoms. The standard InChI is InChI=1S/C21H19ClN2O3S/c22-28(26,27)20-13-11-19(12-14-20)23-21(25)24(15-17-7-3-1-4-8-17)16-18-9-5-2-6-10-18/h1-14H,15-16H2,(H,23,25). The van der Waals surface area contributed by atoms with Crippen molar-refractivity contribution in [3.63, 3.8) is 0 Å². The van der Waals surface area contributed by atoms with Gasteiger partial charge in [-0.15, -0.1) is 0 Å². The normalized spacial score (nSPS) is 11.0. The summed E-state index contributed by atoms with van der Waals surface area (Å²) in [4.78, 5) is 14.5. The van der Waals surface area contributed by atoms with Crippen LogP contribution in [0, 0.1) is 0 Å². The number of anilines is 1. The highest BCUT2D eigenvalue weighted by Crippen LogP contribution is 2.19. The maximum Gasteiger partial charge on any atom is 0.322 e. The smallest absolute Gasteiger partial charge is 0.316 e. The predicted octanol–water partition coefficient (Wildman–Crippen LogP) is 4.85. The molecule has 144 valence electrons. The highest BCUT2D eigenvalue weighted by atomic mass is 35.7. The second kappa shape index (κ2) is 8.91. The Morgan fingerprint density at radius 3 is 1.68 bits per heavy atom. The maximum atomic E-state index is 12.9. The Morgan fingerprint density at radius 1 is 0.786 bits per heavy atom. The molecule has 0 aliphatic heterocycles. The summed E-state index contributed by atoms with van der Waals surface area (Å²) in [5.41, 5.74) is 2.51. The zero-order chi connectivity index (χ0) is 20.0. The minimum absolute atomic E-state index is 0.0161. The number of carbonyl (C=O) groups is 1. The third-order valence-corrected chi connectivity index (χ3v) is 5.48. The number of nitrogens with zero attached hydrogens (tertiary/aromatic N) is 1. The van der Waals surface area contributed by atoms with Crippen molar-refractivity contribution in [3.8, 4) is 0 Å². The lowest BCUT2D eigenvalue weighted by Crippen LogP contribution is -2.34. The fourth-order valence-corrected chi connectivity index (χ4v) is 3.48. The van der Waals surface area contributed by atoms with Gasteiger partial charge in [-0.3, -0.25) is 0 Å². The number of urea groups is 1. The van der Waals surface area contributed by atoms with Gasteiger partial charge in [0.2, 0.25) is 0 Å². The van der Waals surface area contributed by atoms with E-state index in [1.54, 1.807) is 4.90 Å². The Kier molecular flexibility index (Phi) is 6.34. The van der Waals surface area contributed by atoms with Crippen molar-refractivity contribution >= 4 is 31.5 Å². The van der Waals surface area contributed by atoms with Crippen molar-refractivity contribution in [1.82, 2.24) is 4.90 Å². The number of amides is 2. The number of benzene rings is 3. The molecule has 0 saturated carbocycles. The molecular formula is C21H19ClN2O3S. The lowest BCUT2D eigenvalue weighted by molar-refractivity contribution is 0.206. The minimum atomic E-state index is -3.80. The topological polar surface area (TPSA) is 66.5 Å². The number of hydrogen-bond donors (Lipinski definition) is 1. The third kappa shape index (κ3) is 5.58. The van der Waals surface area contributed by atoms with Crippen LogP contribution in [0.15, 0.2) is 89.8 Å². The number of halogens is 1. The molecule has 3 aromatic carbocycles. The van der Waals surface area contributed by atoms with Crippen LogP contribution in [0.25, 0.3) is 0 Å². The molecule has 0 aliphatic carbocycles. The van der Waals surface area contributed by atoms with E-state index < -0.39 is 9.05 Å². The predicted molar refractivity (Wildman–Crippen MR) is 111 cm³/mol. The van der Waals surface area contributed by atoms with E-state index in [0.717, 1.165) is 11.1 Å². The van der Waals surface area contributed by atoms with Gasteiger partial charge < -0.3 is 10.2 Å². The first-order valence-corrected chi connectivity index (χ1v) is 10.9. The monoisotopic (exact) mass is 414 g/mol. The van der Waals surface area contributed by atoms with Gasteiger partial charge in [0.15, 0.2) is 0 Å². The Morgan fingerprint density at radius 2 is 1.25 bits per heavy atom. The summed E-state index contributed by atoms with van der Waals surface area (Å²) in [5, 5.41) is 2.81. The molecule has 3 aromatic rings. The van der Waals surface area contributed by atoms with Gasteiger partial charge in [0, 0.05) is 29.5 Å². The largest absolute Gasteiger partial charge is 0.322 e. The molecule has 0 atom stereocenters. The Hall–Kier alpha value is -2.83. The maximum absolute atomic E-state index is 12.9. The van der Waals surface area contributed by atoms with Crippen molar-refractivity contribution in [2.75, 3.05) is 5.32 Å². The van der Waals surface area contributed by atoms with Crippen LogP contribution in [0.2, 0.25) is 0 Å². The molecule has 0 radical (unpaired) electrons. The first kappa shape index (κ1) is 19.9. The summed E-state index contributed by atoms with van der Waals surface area (Å²) in [7, 11) is 1.53. The van der Waals surface area contributed by atoms with Crippen LogP contribution in [-0.2, 0) is 22.1 Å². The molecule has 0 aromatic heterocycles. The van der Waals surface area contributed by atoms with Crippen molar-refractivity contribution in [3.05, 3.63) is 96.1 Å². The van der Waals surface area contributed by atoms with Crippen molar-refractivity contribution < 1.29 is 13.2 Å². The lowest BCUT2D eigenvalue weighted by Gasteiger charge is -2.23. The van der Waals surface area contributed by atoms with E-state index in [-0.39, 0.29) is 10.9 Å². The van der Waals surface area contributed by atoms with Crippen LogP contribution in [0.3, 0.4) is 0 Å². The fraction of sp³-hybridized carbons (Fsp3) is 0.0952. The molecule has 0 aliphatic rings. The summed E-state index contributed by atoms with van der Waals surface area (Å²) in [6, 6.07) is 24.9. The van der Waals surface area contributed by atoms with Gasteiger partial charge in [0.1, 0.15) is 0 Å². The first-order chi connectivity index (χ1) is 13.4. The van der Waals surface area contributed by atoms with E-state index in [9.17, 15) is 13.2 Å². The molecule has 1 N–H and O–H groups in total. The zero-order valence-corrected chi connectivity index (χ0v) is 16.5. The molecular weight excluding hydrogens is 396 g/mol. The summed E-state index contributed by atoms with van der Waals surface area (Å²) in [6.07, 6.45) is 0. The summed E-state index contributed by atoms with van der Waals surface area (Å²) in [6.45, 7) is 0.880. The average molecular weight is 415 g/mol. The second-order valence-electron chi connectivity index (χ2n) is 6.22. The molecule has 28 heavy (non-hydrogen) atoms. The highest BCUT2D eigenvalue weighted by Gasteiger charge is 2.16. The molecule has 7 heteroatoms. The quantitative estimate of drug-likeness (QED) is 0.586. The average Bonchev–Trinajstić information content (AvgIpc) is 2.69. The molecule has 3 rings (SSSR count). The van der Waals surface area contributed by atoms with Gasteiger partial charge in [-0.05, 0) is 35.4 Å². The van der Waals surface area contributed by atoms with Gasteiger partial charge >= 0.3 is 6.03 Å². The Labute approximate surface area is 169 Å². The van der Waals surface area contributed by atoms with Gasteiger partial charge in [0.05, 0.1) is 4.90 Å². The molecule has 0 saturated heterocycles. The van der Waals surface area contributed by atoms with Crippen molar-refractivity contribution in [2.24, 2.45) is 0 Å². The number of hydrogen-bond acceptors (Lipinski definition) is 3. The molecule has 0 spiro atoms.